The number of halogens is 2. The fourth-order valence-electron chi connectivity index (χ4n) is 4.42. The summed E-state index contributed by atoms with van der Waals surface area (Å²) in [4.78, 5) is 29.4. The lowest BCUT2D eigenvalue weighted by Crippen LogP contribution is -2.52. The van der Waals surface area contributed by atoms with Crippen LogP contribution in [0.25, 0.3) is 5.69 Å². The highest BCUT2D eigenvalue weighted by Crippen LogP contribution is 2.30. The van der Waals surface area contributed by atoms with Crippen LogP contribution < -0.4 is 15.2 Å². The minimum Gasteiger partial charge on any atom is -0.483 e. The van der Waals surface area contributed by atoms with Gasteiger partial charge < -0.3 is 19.6 Å². The molecule has 10 heteroatoms. The Kier molecular flexibility index (Phi) is 7.16. The molecule has 4 rings (SSSR count). The van der Waals surface area contributed by atoms with Gasteiger partial charge in [0, 0.05) is 32.2 Å². The molecule has 1 aliphatic heterocycles. The van der Waals surface area contributed by atoms with Gasteiger partial charge in [-0.25, -0.2) is 8.78 Å². The van der Waals surface area contributed by atoms with Crippen molar-refractivity contribution in [2.24, 2.45) is 5.92 Å². The van der Waals surface area contributed by atoms with Crippen LogP contribution in [0.1, 0.15) is 39.5 Å². The molecule has 0 bridgehead atoms. The number of benzene rings is 1. The second-order valence-electron chi connectivity index (χ2n) is 9.23. The van der Waals surface area contributed by atoms with Crippen molar-refractivity contribution in [2.75, 3.05) is 31.1 Å². The van der Waals surface area contributed by atoms with Crippen molar-refractivity contribution < 1.29 is 23.4 Å². The van der Waals surface area contributed by atoms with Gasteiger partial charge in [0.15, 0.2) is 0 Å². The number of piperazine rings is 1. The molecule has 1 unspecified atom stereocenters. The lowest BCUT2D eigenvalue weighted by molar-refractivity contribution is -0.142. The zero-order valence-electron chi connectivity index (χ0n) is 19.4. The molecule has 0 radical (unpaired) electrons. The van der Waals surface area contributed by atoms with E-state index in [0.717, 1.165) is 48.6 Å². The van der Waals surface area contributed by atoms with Gasteiger partial charge in [0.25, 0.3) is 5.91 Å². The highest BCUT2D eigenvalue weighted by Gasteiger charge is 2.30. The molecule has 1 amide bonds. The van der Waals surface area contributed by atoms with Gasteiger partial charge in [0.1, 0.15) is 23.4 Å². The normalized spacial score (nSPS) is 17.9. The molecular formula is C24H30F2N4O4. The molecule has 1 saturated heterocycles. The van der Waals surface area contributed by atoms with Crippen molar-refractivity contribution in [3.8, 4) is 11.4 Å². The van der Waals surface area contributed by atoms with E-state index in [1.54, 1.807) is 18.7 Å². The summed E-state index contributed by atoms with van der Waals surface area (Å²) in [7, 11) is 0. The molecule has 0 spiro atoms. The Labute approximate surface area is 196 Å². The molecule has 34 heavy (non-hydrogen) atoms. The zero-order valence-corrected chi connectivity index (χ0v) is 19.4. The fraction of sp³-hybridized carbons (Fsp3) is 0.542. The number of carbonyl (C=O) groups is 1. The van der Waals surface area contributed by atoms with Crippen molar-refractivity contribution in [3.05, 3.63) is 46.4 Å². The fourth-order valence-corrected chi connectivity index (χ4v) is 4.42. The number of hydrogen-bond acceptors (Lipinski definition) is 6. The van der Waals surface area contributed by atoms with E-state index in [1.165, 1.54) is 6.20 Å². The van der Waals surface area contributed by atoms with E-state index in [0.29, 0.717) is 31.9 Å². The third-order valence-corrected chi connectivity index (χ3v) is 6.41. The lowest BCUT2D eigenvalue weighted by atomic mass is 10.1. The number of anilines is 1. The summed E-state index contributed by atoms with van der Waals surface area (Å²) in [6.07, 6.45) is 3.96. The Bertz CT molecular complexity index is 1070. The molecule has 2 aromatic rings. The van der Waals surface area contributed by atoms with Crippen LogP contribution in [0, 0.1) is 17.6 Å². The van der Waals surface area contributed by atoms with Gasteiger partial charge in [-0.2, -0.15) is 9.78 Å². The summed E-state index contributed by atoms with van der Waals surface area (Å²) in [6, 6.07) is 2.82. The molecule has 2 aliphatic rings. The van der Waals surface area contributed by atoms with Gasteiger partial charge in [-0.3, -0.25) is 9.59 Å². The van der Waals surface area contributed by atoms with Gasteiger partial charge in [0.2, 0.25) is 5.75 Å². The summed E-state index contributed by atoms with van der Waals surface area (Å²) in [6.45, 7) is 5.19. The van der Waals surface area contributed by atoms with Crippen molar-refractivity contribution in [2.45, 2.75) is 51.7 Å². The number of ether oxygens (including phenoxy) is 1. The van der Waals surface area contributed by atoms with Crippen molar-refractivity contribution >= 4 is 11.6 Å². The van der Waals surface area contributed by atoms with Crippen LogP contribution in [0.5, 0.6) is 5.75 Å². The maximum Gasteiger partial charge on any atom is 0.316 e. The van der Waals surface area contributed by atoms with Crippen molar-refractivity contribution in [1.82, 2.24) is 14.7 Å². The van der Waals surface area contributed by atoms with E-state index in [1.807, 2.05) is 4.90 Å². The minimum atomic E-state index is -1.05. The summed E-state index contributed by atoms with van der Waals surface area (Å²) < 4.78 is 34.6. The zero-order chi connectivity index (χ0) is 24.4. The van der Waals surface area contributed by atoms with Crippen LogP contribution in [-0.2, 0) is 4.79 Å². The largest absolute Gasteiger partial charge is 0.483 e. The lowest BCUT2D eigenvalue weighted by Gasteiger charge is -2.37. The Hall–Kier alpha value is -3.01. The average molecular weight is 477 g/mol. The van der Waals surface area contributed by atoms with Crippen LogP contribution in [0.3, 0.4) is 0 Å². The second-order valence-corrected chi connectivity index (χ2v) is 9.23. The molecule has 2 fully saturated rings. The van der Waals surface area contributed by atoms with Gasteiger partial charge in [-0.15, -0.1) is 0 Å². The number of rotatable bonds is 6. The number of aromatic nitrogens is 2. The molecule has 1 aromatic heterocycles. The smallest absolute Gasteiger partial charge is 0.316 e. The second kappa shape index (κ2) is 10.1. The third kappa shape index (κ3) is 5.06. The van der Waals surface area contributed by atoms with Crippen molar-refractivity contribution in [3.63, 3.8) is 0 Å². The SMILES string of the molecule is CC(C)C(O)C(=O)N1CCN(c2cnn(-c3cc(F)cc(F)c3)c(=O)c2OC2CCCC2)CC1. The first kappa shape index (κ1) is 24.1. The van der Waals surface area contributed by atoms with Crippen LogP contribution in [0.15, 0.2) is 29.2 Å². The van der Waals surface area contributed by atoms with E-state index in [2.05, 4.69) is 5.10 Å². The first-order valence-corrected chi connectivity index (χ1v) is 11.7. The van der Waals surface area contributed by atoms with E-state index >= 15 is 0 Å². The Morgan fingerprint density at radius 3 is 2.29 bits per heavy atom. The summed E-state index contributed by atoms with van der Waals surface area (Å²) in [5.74, 6) is -2.01. The third-order valence-electron chi connectivity index (χ3n) is 6.41. The highest BCUT2D eigenvalue weighted by molar-refractivity contribution is 5.81. The predicted octanol–water partition coefficient (Wildman–Crippen LogP) is 2.50. The monoisotopic (exact) mass is 476 g/mol. The van der Waals surface area contributed by atoms with E-state index in [-0.39, 0.29) is 29.4 Å². The number of carbonyl (C=O) groups excluding carboxylic acids is 1. The average Bonchev–Trinajstić information content (AvgIpc) is 3.32. The summed E-state index contributed by atoms with van der Waals surface area (Å²) in [5, 5.41) is 14.3. The maximum atomic E-state index is 13.8. The molecule has 8 nitrogen and oxygen atoms in total. The van der Waals surface area contributed by atoms with Crippen LogP contribution in [0.2, 0.25) is 0 Å². The molecule has 184 valence electrons. The first-order chi connectivity index (χ1) is 16.2. The topological polar surface area (TPSA) is 87.9 Å². The van der Waals surface area contributed by atoms with E-state index in [9.17, 15) is 23.5 Å². The molecule has 2 heterocycles. The van der Waals surface area contributed by atoms with Crippen molar-refractivity contribution in [1.29, 1.82) is 0 Å². The predicted molar refractivity (Wildman–Crippen MR) is 122 cm³/mol. The van der Waals surface area contributed by atoms with Gasteiger partial charge in [-0.1, -0.05) is 13.8 Å². The molecular weight excluding hydrogens is 446 g/mol. The Balaban J connectivity index is 1.62. The number of amides is 1. The van der Waals surface area contributed by atoms with Gasteiger partial charge in [-0.05, 0) is 43.7 Å². The molecule has 1 aromatic carbocycles. The highest BCUT2D eigenvalue weighted by atomic mass is 19.1. The summed E-state index contributed by atoms with van der Waals surface area (Å²) >= 11 is 0. The number of hydrogen-bond donors (Lipinski definition) is 1. The quantitative estimate of drug-likeness (QED) is 0.690. The van der Waals surface area contributed by atoms with Gasteiger partial charge in [0.05, 0.1) is 18.0 Å². The Morgan fingerprint density at radius 1 is 1.09 bits per heavy atom. The Morgan fingerprint density at radius 2 is 1.71 bits per heavy atom. The maximum absolute atomic E-state index is 13.8. The summed E-state index contributed by atoms with van der Waals surface area (Å²) in [5.41, 5.74) is -0.131. The van der Waals surface area contributed by atoms with Crippen LogP contribution >= 0.6 is 0 Å². The van der Waals surface area contributed by atoms with Crippen LogP contribution in [0.4, 0.5) is 14.5 Å². The number of aliphatic hydroxyl groups excluding tert-OH is 1. The molecule has 1 aliphatic carbocycles. The van der Waals surface area contributed by atoms with Gasteiger partial charge >= 0.3 is 5.56 Å². The number of aliphatic hydroxyl groups is 1. The molecule has 1 N–H and O–H groups in total. The number of nitrogens with zero attached hydrogens (tertiary/aromatic N) is 4. The van der Waals surface area contributed by atoms with E-state index in [4.69, 9.17) is 4.74 Å². The van der Waals surface area contributed by atoms with E-state index < -0.39 is 23.3 Å². The minimum absolute atomic E-state index is 0.0246. The first-order valence-electron chi connectivity index (χ1n) is 11.7. The molecule has 1 atom stereocenters. The van der Waals surface area contributed by atoms with Crippen LogP contribution in [-0.4, -0.2) is 64.1 Å². The standard InChI is InChI=1S/C24H30F2N4O4/c1-15(2)21(31)23(32)29-9-7-28(8-10-29)20-14-27-30(18-12-16(25)11-17(26)13-18)24(33)22(20)34-19-5-3-4-6-19/h11-15,19,21,31H,3-10H2,1-2H3. The molecule has 1 saturated carbocycles.